The van der Waals surface area contributed by atoms with E-state index in [4.69, 9.17) is 16.3 Å². The molecule has 0 aliphatic rings. The van der Waals surface area contributed by atoms with Crippen molar-refractivity contribution >= 4 is 28.3 Å². The fourth-order valence-electron chi connectivity index (χ4n) is 4.89. The maximum Gasteiger partial charge on any atom is 0.306 e. The number of rotatable bonds is 10. The number of benzene rings is 4. The van der Waals surface area contributed by atoms with Crippen molar-refractivity contribution in [3.8, 4) is 11.1 Å². The third kappa shape index (κ3) is 6.80. The third-order valence-corrected chi connectivity index (χ3v) is 7.05. The van der Waals surface area contributed by atoms with Crippen LogP contribution in [0.2, 0.25) is 5.02 Å². The summed E-state index contributed by atoms with van der Waals surface area (Å²) in [4.78, 5) is 12.1. The quantitative estimate of drug-likeness (QED) is 0.207. The van der Waals surface area contributed by atoms with E-state index in [0.717, 1.165) is 38.9 Å². The van der Waals surface area contributed by atoms with Gasteiger partial charge in [-0.15, -0.1) is 0 Å². The van der Waals surface area contributed by atoms with Crippen LogP contribution in [-0.2, 0) is 16.0 Å². The van der Waals surface area contributed by atoms with Crippen LogP contribution in [0, 0.1) is 5.82 Å². The summed E-state index contributed by atoms with van der Waals surface area (Å²) < 4.78 is 20.0. The van der Waals surface area contributed by atoms with Gasteiger partial charge in [0.15, 0.2) is 0 Å². The van der Waals surface area contributed by atoms with Crippen molar-refractivity contribution in [3.05, 3.63) is 106 Å². The molecule has 0 heterocycles. The molecule has 0 aliphatic carbocycles. The van der Waals surface area contributed by atoms with Crippen molar-refractivity contribution < 1.29 is 13.9 Å². The first-order valence-corrected chi connectivity index (χ1v) is 13.7. The van der Waals surface area contributed by atoms with Gasteiger partial charge >= 0.3 is 5.97 Å². The van der Waals surface area contributed by atoms with Gasteiger partial charge < -0.3 is 10.1 Å². The summed E-state index contributed by atoms with van der Waals surface area (Å²) in [5, 5.41) is 6.72. The lowest BCUT2D eigenvalue weighted by molar-refractivity contribution is -0.147. The van der Waals surface area contributed by atoms with Crippen LogP contribution in [0.5, 0.6) is 0 Å². The Morgan fingerprint density at radius 1 is 0.947 bits per heavy atom. The van der Waals surface area contributed by atoms with Gasteiger partial charge in [-0.3, -0.25) is 4.79 Å². The Balaban J connectivity index is 1.68. The molecule has 0 bridgehead atoms. The van der Waals surface area contributed by atoms with Crippen molar-refractivity contribution in [1.82, 2.24) is 5.32 Å². The summed E-state index contributed by atoms with van der Waals surface area (Å²) in [7, 11) is 0. The molecule has 4 aromatic rings. The fraction of sp³-hybridized carbons (Fsp3) is 0.303. The molecule has 0 fully saturated rings. The molecule has 3 nitrogen and oxygen atoms in total. The van der Waals surface area contributed by atoms with Gasteiger partial charge in [0, 0.05) is 23.5 Å². The Bertz CT molecular complexity index is 1420. The highest BCUT2D eigenvalue weighted by molar-refractivity contribution is 6.30. The minimum Gasteiger partial charge on any atom is -0.463 e. The molecule has 5 heteroatoms. The Kier molecular flexibility index (Phi) is 9.19. The van der Waals surface area contributed by atoms with Crippen LogP contribution in [0.4, 0.5) is 4.39 Å². The van der Waals surface area contributed by atoms with Crippen LogP contribution in [0.25, 0.3) is 21.9 Å². The number of carbonyl (C=O) groups is 1. The number of aryl methyl sites for hydroxylation is 1. The Morgan fingerprint density at radius 2 is 1.74 bits per heavy atom. The molecule has 0 aliphatic heterocycles. The lowest BCUT2D eigenvalue weighted by atomic mass is 9.91. The first kappa shape index (κ1) is 27.8. The zero-order chi connectivity index (χ0) is 27.2. The minimum absolute atomic E-state index is 0.108. The van der Waals surface area contributed by atoms with Crippen molar-refractivity contribution in [1.29, 1.82) is 0 Å². The zero-order valence-electron chi connectivity index (χ0n) is 22.4. The number of hydrogen-bond acceptors (Lipinski definition) is 3. The summed E-state index contributed by atoms with van der Waals surface area (Å²) in [6.45, 7) is 7.94. The molecule has 38 heavy (non-hydrogen) atoms. The number of fused-ring (bicyclic) bond motifs is 1. The van der Waals surface area contributed by atoms with Crippen LogP contribution >= 0.6 is 11.6 Å². The fourth-order valence-corrected chi connectivity index (χ4v) is 5.09. The van der Waals surface area contributed by atoms with Crippen LogP contribution < -0.4 is 5.32 Å². The predicted molar refractivity (Wildman–Crippen MR) is 155 cm³/mol. The van der Waals surface area contributed by atoms with Crippen LogP contribution in [-0.4, -0.2) is 12.1 Å². The average Bonchev–Trinajstić information content (AvgIpc) is 2.90. The summed E-state index contributed by atoms with van der Waals surface area (Å²) in [6, 6.07) is 26.0. The molecular formula is C33H35ClFNO2. The molecule has 0 saturated carbocycles. The van der Waals surface area contributed by atoms with E-state index >= 15 is 0 Å². The minimum atomic E-state index is -0.317. The number of ether oxygens (including phenoxy) is 1. The maximum absolute atomic E-state index is 14.7. The highest BCUT2D eigenvalue weighted by Gasteiger charge is 2.18. The number of carbonyl (C=O) groups excluding carboxylic acids is 1. The van der Waals surface area contributed by atoms with E-state index in [2.05, 4.69) is 49.5 Å². The lowest BCUT2D eigenvalue weighted by Crippen LogP contribution is -2.24. The van der Waals surface area contributed by atoms with Gasteiger partial charge in [-0.2, -0.15) is 0 Å². The molecule has 0 saturated heterocycles. The van der Waals surface area contributed by atoms with Gasteiger partial charge in [0.05, 0.1) is 6.10 Å². The molecule has 0 radical (unpaired) electrons. The van der Waals surface area contributed by atoms with Crippen molar-refractivity contribution in [2.75, 3.05) is 0 Å². The molecule has 0 spiro atoms. The summed E-state index contributed by atoms with van der Waals surface area (Å²) >= 11 is 6.24. The van der Waals surface area contributed by atoms with Gasteiger partial charge in [-0.25, -0.2) is 4.39 Å². The van der Waals surface area contributed by atoms with E-state index in [0.29, 0.717) is 12.0 Å². The van der Waals surface area contributed by atoms with Gasteiger partial charge in [-0.1, -0.05) is 61.0 Å². The second-order valence-electron chi connectivity index (χ2n) is 10.0. The van der Waals surface area contributed by atoms with Crippen LogP contribution in [0.1, 0.15) is 69.3 Å². The largest absolute Gasteiger partial charge is 0.463 e. The highest BCUT2D eigenvalue weighted by atomic mass is 35.5. The number of halogens is 2. The molecule has 1 unspecified atom stereocenters. The molecule has 0 aromatic heterocycles. The van der Waals surface area contributed by atoms with Gasteiger partial charge in [-0.05, 0) is 109 Å². The van der Waals surface area contributed by atoms with E-state index < -0.39 is 0 Å². The van der Waals surface area contributed by atoms with E-state index in [-0.39, 0.29) is 36.4 Å². The first-order chi connectivity index (χ1) is 18.2. The van der Waals surface area contributed by atoms with E-state index in [1.165, 1.54) is 11.6 Å². The van der Waals surface area contributed by atoms with Crippen LogP contribution in [0.15, 0.2) is 78.9 Å². The Morgan fingerprint density at radius 3 is 2.47 bits per heavy atom. The molecule has 198 valence electrons. The molecule has 1 N–H and O–H groups in total. The standard InChI is InChI=1S/C33H35ClFNO2/c1-5-32(36-22(4)23-10-8-11-28(34)19-23)27-18-24-9-6-7-12-29(24)30(20-27)25-13-15-31(35)26(17-25)14-16-33(37)38-21(2)3/h6-13,15,17-22,32,36H,5,14,16H2,1-4H3/t22-,32?/m1/s1. The first-order valence-electron chi connectivity index (χ1n) is 13.3. The Hall–Kier alpha value is -3.21. The smallest absolute Gasteiger partial charge is 0.306 e. The number of nitrogens with one attached hydrogen (secondary N) is 1. The van der Waals surface area contributed by atoms with Crippen molar-refractivity contribution in [2.24, 2.45) is 0 Å². The molecule has 0 amide bonds. The normalized spacial score (nSPS) is 13.0. The van der Waals surface area contributed by atoms with Gasteiger partial charge in [0.2, 0.25) is 0 Å². The third-order valence-electron chi connectivity index (χ3n) is 6.82. The Labute approximate surface area is 230 Å². The van der Waals surface area contributed by atoms with E-state index in [1.54, 1.807) is 0 Å². The number of hydrogen-bond donors (Lipinski definition) is 1. The number of esters is 1. The second-order valence-corrected chi connectivity index (χ2v) is 10.5. The maximum atomic E-state index is 14.7. The van der Waals surface area contributed by atoms with Gasteiger partial charge in [0.25, 0.3) is 0 Å². The van der Waals surface area contributed by atoms with Crippen LogP contribution in [0.3, 0.4) is 0 Å². The molecule has 4 rings (SSSR count). The van der Waals surface area contributed by atoms with Crippen molar-refractivity contribution in [2.45, 2.75) is 65.1 Å². The SMILES string of the molecule is CCC(N[C@H](C)c1cccc(Cl)c1)c1cc(-c2ccc(F)c(CCC(=O)OC(C)C)c2)c2ccccc2c1. The van der Waals surface area contributed by atoms with E-state index in [1.807, 2.05) is 56.3 Å². The van der Waals surface area contributed by atoms with E-state index in [9.17, 15) is 9.18 Å². The summed E-state index contributed by atoms with van der Waals surface area (Å²) in [5.41, 5.74) is 4.78. The molecule has 2 atom stereocenters. The second kappa shape index (κ2) is 12.6. The lowest BCUT2D eigenvalue weighted by Gasteiger charge is -2.24. The topological polar surface area (TPSA) is 38.3 Å². The molecular weight excluding hydrogens is 497 g/mol. The summed E-state index contributed by atoms with van der Waals surface area (Å²) in [5.74, 6) is -0.627. The zero-order valence-corrected chi connectivity index (χ0v) is 23.2. The summed E-state index contributed by atoms with van der Waals surface area (Å²) in [6.07, 6.45) is 1.14. The van der Waals surface area contributed by atoms with Crippen molar-refractivity contribution in [3.63, 3.8) is 0 Å². The average molecular weight is 532 g/mol. The monoisotopic (exact) mass is 531 g/mol. The van der Waals surface area contributed by atoms with Gasteiger partial charge in [0.1, 0.15) is 5.82 Å². The highest BCUT2D eigenvalue weighted by Crippen LogP contribution is 2.35. The molecule has 4 aromatic carbocycles. The predicted octanol–water partition coefficient (Wildman–Crippen LogP) is 8.99.